The predicted molar refractivity (Wildman–Crippen MR) is 58.0 cm³/mol. The molecule has 14 heavy (non-hydrogen) atoms. The largest absolute Gasteiger partial charge is 0.398 e. The average Bonchev–Trinajstić information content (AvgIpc) is 2.18. The Morgan fingerprint density at radius 2 is 2.29 bits per heavy atom. The van der Waals surface area contributed by atoms with Crippen molar-refractivity contribution in [2.24, 2.45) is 0 Å². The Morgan fingerprint density at radius 1 is 1.50 bits per heavy atom. The van der Waals surface area contributed by atoms with Gasteiger partial charge in [0.1, 0.15) is 6.07 Å². The highest BCUT2D eigenvalue weighted by atomic mass is 32.2. The molecule has 3 nitrogen and oxygen atoms in total. The Hall–Kier alpha value is -1.18. The molecule has 0 saturated heterocycles. The van der Waals surface area contributed by atoms with Gasteiger partial charge in [0.2, 0.25) is 0 Å². The van der Waals surface area contributed by atoms with Gasteiger partial charge in [-0.25, -0.2) is 0 Å². The average molecular weight is 208 g/mol. The summed E-state index contributed by atoms with van der Waals surface area (Å²) in [4.78, 5) is 1.04. The van der Waals surface area contributed by atoms with Crippen molar-refractivity contribution in [3.63, 3.8) is 0 Å². The van der Waals surface area contributed by atoms with Crippen LogP contribution in [-0.2, 0) is 0 Å². The molecular weight excluding hydrogens is 196 g/mol. The number of aliphatic hydroxyl groups is 1. The fourth-order valence-corrected chi connectivity index (χ4v) is 1.87. The van der Waals surface area contributed by atoms with Crippen molar-refractivity contribution in [3.8, 4) is 6.07 Å². The van der Waals surface area contributed by atoms with Gasteiger partial charge in [-0.15, -0.1) is 11.8 Å². The molecule has 0 heterocycles. The highest BCUT2D eigenvalue weighted by Gasteiger charge is 1.99. The van der Waals surface area contributed by atoms with E-state index < -0.39 is 0 Å². The molecule has 0 amide bonds. The van der Waals surface area contributed by atoms with Crippen LogP contribution in [0.5, 0.6) is 0 Å². The number of nitrogens with two attached hydrogens (primary N) is 1. The molecular formula is C10H12N2OS. The first-order valence-corrected chi connectivity index (χ1v) is 5.29. The first-order chi connectivity index (χ1) is 6.77. The second-order valence-electron chi connectivity index (χ2n) is 2.79. The molecule has 1 aromatic rings. The van der Waals surface area contributed by atoms with E-state index in [1.54, 1.807) is 23.9 Å². The lowest BCUT2D eigenvalue weighted by Crippen LogP contribution is -1.91. The van der Waals surface area contributed by atoms with Crippen molar-refractivity contribution in [3.05, 3.63) is 23.8 Å². The van der Waals surface area contributed by atoms with Gasteiger partial charge in [-0.1, -0.05) is 0 Å². The lowest BCUT2D eigenvalue weighted by Gasteiger charge is -2.02. The van der Waals surface area contributed by atoms with Crippen LogP contribution in [0.1, 0.15) is 12.0 Å². The van der Waals surface area contributed by atoms with E-state index in [0.717, 1.165) is 17.1 Å². The highest BCUT2D eigenvalue weighted by molar-refractivity contribution is 7.99. The summed E-state index contributed by atoms with van der Waals surface area (Å²) in [5.74, 6) is 0.863. The third kappa shape index (κ3) is 2.95. The lowest BCUT2D eigenvalue weighted by atomic mass is 10.2. The lowest BCUT2D eigenvalue weighted by molar-refractivity contribution is 0.296. The molecule has 4 heteroatoms. The quantitative estimate of drug-likeness (QED) is 0.448. The Labute approximate surface area is 87.5 Å². The first kappa shape index (κ1) is 10.9. The summed E-state index contributed by atoms with van der Waals surface area (Å²) in [5, 5.41) is 17.3. The number of aliphatic hydroxyl groups excluding tert-OH is 1. The van der Waals surface area contributed by atoms with Crippen molar-refractivity contribution in [2.45, 2.75) is 11.3 Å². The van der Waals surface area contributed by atoms with Gasteiger partial charge in [-0.2, -0.15) is 5.26 Å². The van der Waals surface area contributed by atoms with E-state index in [-0.39, 0.29) is 6.61 Å². The molecule has 0 atom stereocenters. The minimum absolute atomic E-state index is 0.207. The number of thioether (sulfide) groups is 1. The number of nitrogen functional groups attached to an aromatic ring is 1. The number of rotatable bonds is 4. The molecule has 1 aromatic carbocycles. The first-order valence-electron chi connectivity index (χ1n) is 4.31. The van der Waals surface area contributed by atoms with E-state index in [9.17, 15) is 0 Å². The van der Waals surface area contributed by atoms with Crippen molar-refractivity contribution in [2.75, 3.05) is 18.1 Å². The number of hydrogen-bond acceptors (Lipinski definition) is 4. The maximum atomic E-state index is 8.65. The Balaban J connectivity index is 2.63. The maximum Gasteiger partial charge on any atom is 0.101 e. The number of nitriles is 1. The Bertz CT molecular complexity index is 346. The third-order valence-electron chi connectivity index (χ3n) is 1.71. The monoisotopic (exact) mass is 208 g/mol. The second-order valence-corrected chi connectivity index (χ2v) is 3.95. The topological polar surface area (TPSA) is 70.0 Å². The normalized spacial score (nSPS) is 9.71. The van der Waals surface area contributed by atoms with Crippen LogP contribution in [-0.4, -0.2) is 17.5 Å². The molecule has 0 aromatic heterocycles. The van der Waals surface area contributed by atoms with Crippen LogP contribution < -0.4 is 5.73 Å². The summed E-state index contributed by atoms with van der Waals surface area (Å²) in [6.45, 7) is 0.207. The molecule has 74 valence electrons. The van der Waals surface area contributed by atoms with Crippen LogP contribution in [0.15, 0.2) is 23.1 Å². The van der Waals surface area contributed by atoms with Crippen LogP contribution in [0.3, 0.4) is 0 Å². The second kappa shape index (κ2) is 5.53. The van der Waals surface area contributed by atoms with Crippen LogP contribution in [0, 0.1) is 11.3 Å². The van der Waals surface area contributed by atoms with Gasteiger partial charge in [0, 0.05) is 17.3 Å². The summed E-state index contributed by atoms with van der Waals surface area (Å²) >= 11 is 1.63. The van der Waals surface area contributed by atoms with Crippen LogP contribution >= 0.6 is 11.8 Å². The summed E-state index contributed by atoms with van der Waals surface area (Å²) in [6, 6.07) is 7.40. The standard InChI is InChI=1S/C10H12N2OS/c11-7-8-2-3-9(6-10(8)12)14-5-1-4-13/h2-3,6,13H,1,4-5,12H2. The molecule has 0 fully saturated rings. The zero-order valence-electron chi connectivity index (χ0n) is 7.73. The fourth-order valence-electron chi connectivity index (χ4n) is 0.987. The van der Waals surface area contributed by atoms with E-state index in [1.807, 2.05) is 12.1 Å². The van der Waals surface area contributed by atoms with Crippen LogP contribution in [0.4, 0.5) is 5.69 Å². The Morgan fingerprint density at radius 3 is 2.86 bits per heavy atom. The molecule has 1 rings (SSSR count). The summed E-state index contributed by atoms with van der Waals surface area (Å²) in [7, 11) is 0. The molecule has 0 unspecified atom stereocenters. The zero-order chi connectivity index (χ0) is 10.4. The summed E-state index contributed by atoms with van der Waals surface area (Å²) in [5.41, 5.74) is 6.68. The van der Waals surface area contributed by atoms with Gasteiger partial charge in [0.25, 0.3) is 0 Å². The summed E-state index contributed by atoms with van der Waals surface area (Å²) < 4.78 is 0. The molecule has 0 aliphatic heterocycles. The fraction of sp³-hybridized carbons (Fsp3) is 0.300. The van der Waals surface area contributed by atoms with Crippen molar-refractivity contribution < 1.29 is 5.11 Å². The smallest absolute Gasteiger partial charge is 0.101 e. The maximum absolute atomic E-state index is 8.65. The Kier molecular flexibility index (Phi) is 4.30. The van der Waals surface area contributed by atoms with E-state index >= 15 is 0 Å². The minimum atomic E-state index is 0.207. The van der Waals surface area contributed by atoms with E-state index in [2.05, 4.69) is 0 Å². The molecule has 3 N–H and O–H groups in total. The number of nitrogens with zero attached hydrogens (tertiary/aromatic N) is 1. The van der Waals surface area contributed by atoms with Gasteiger partial charge in [0.05, 0.1) is 11.3 Å². The molecule has 0 bridgehead atoms. The minimum Gasteiger partial charge on any atom is -0.398 e. The van der Waals surface area contributed by atoms with E-state index in [4.69, 9.17) is 16.1 Å². The van der Waals surface area contributed by atoms with E-state index in [1.165, 1.54) is 0 Å². The van der Waals surface area contributed by atoms with Gasteiger partial charge >= 0.3 is 0 Å². The van der Waals surface area contributed by atoms with Crippen molar-refractivity contribution >= 4 is 17.4 Å². The number of hydrogen-bond donors (Lipinski definition) is 2. The summed E-state index contributed by atoms with van der Waals surface area (Å²) in [6.07, 6.45) is 0.768. The van der Waals surface area contributed by atoms with Gasteiger partial charge in [-0.05, 0) is 24.6 Å². The van der Waals surface area contributed by atoms with Gasteiger partial charge in [0.15, 0.2) is 0 Å². The molecule has 0 radical (unpaired) electrons. The predicted octanol–water partition coefficient (Wildman–Crippen LogP) is 1.61. The van der Waals surface area contributed by atoms with Crippen molar-refractivity contribution in [1.82, 2.24) is 0 Å². The SMILES string of the molecule is N#Cc1ccc(SCCCO)cc1N. The van der Waals surface area contributed by atoms with Crippen molar-refractivity contribution in [1.29, 1.82) is 5.26 Å². The van der Waals surface area contributed by atoms with Gasteiger partial charge in [-0.3, -0.25) is 0 Å². The van der Waals surface area contributed by atoms with E-state index in [0.29, 0.717) is 11.3 Å². The third-order valence-corrected chi connectivity index (χ3v) is 2.79. The molecule has 0 spiro atoms. The molecule has 0 aliphatic carbocycles. The molecule has 0 aliphatic rings. The van der Waals surface area contributed by atoms with Crippen LogP contribution in [0.25, 0.3) is 0 Å². The zero-order valence-corrected chi connectivity index (χ0v) is 8.55. The molecule has 0 saturated carbocycles. The number of benzene rings is 1. The highest BCUT2D eigenvalue weighted by Crippen LogP contribution is 2.23. The van der Waals surface area contributed by atoms with Gasteiger partial charge < -0.3 is 10.8 Å². The number of anilines is 1. The van der Waals surface area contributed by atoms with Crippen LogP contribution in [0.2, 0.25) is 0 Å².